The number of hydrogen-bond donors (Lipinski definition) is 0. The Morgan fingerprint density at radius 1 is 0.757 bits per heavy atom. The fourth-order valence-corrected chi connectivity index (χ4v) is 4.53. The molecule has 5 heteroatoms. The molecule has 194 valence electrons. The van der Waals surface area contributed by atoms with E-state index in [4.69, 9.17) is 14.0 Å². The second kappa shape index (κ2) is 11.3. The van der Waals surface area contributed by atoms with Gasteiger partial charge in [0.05, 0.1) is 11.2 Å². The molecule has 0 unspecified atom stereocenters. The fraction of sp³-hybridized carbons (Fsp3) is 0.375. The standard InChI is InChI=1S/C32H40BNO3/c1-8-29(24-12-10-9-11-13-24)30(26-16-20-28(21-17-26)35-23-22-34(6)7)25-14-18-27(19-15-25)33-36-31(2,3)32(4,5)37-33/h9-21H,8,22-23H2,1-7H3/b30-29-. The van der Waals surface area contributed by atoms with Gasteiger partial charge in [-0.25, -0.2) is 0 Å². The van der Waals surface area contributed by atoms with E-state index in [1.807, 2.05) is 0 Å². The molecule has 1 saturated heterocycles. The molecule has 0 saturated carbocycles. The zero-order valence-electron chi connectivity index (χ0n) is 23.4. The molecule has 37 heavy (non-hydrogen) atoms. The van der Waals surface area contributed by atoms with E-state index in [2.05, 4.69) is 132 Å². The maximum absolute atomic E-state index is 6.28. The third-order valence-corrected chi connectivity index (χ3v) is 7.45. The van der Waals surface area contributed by atoms with Gasteiger partial charge in [0.15, 0.2) is 0 Å². The van der Waals surface area contributed by atoms with Gasteiger partial charge in [-0.15, -0.1) is 0 Å². The summed E-state index contributed by atoms with van der Waals surface area (Å²) in [5.74, 6) is 0.888. The molecule has 1 fully saturated rings. The molecule has 1 heterocycles. The Morgan fingerprint density at radius 3 is 1.81 bits per heavy atom. The average Bonchev–Trinajstić information content (AvgIpc) is 3.10. The summed E-state index contributed by atoms with van der Waals surface area (Å²) in [6.07, 6.45) is 0.916. The summed E-state index contributed by atoms with van der Waals surface area (Å²) in [6.45, 7) is 12.1. The van der Waals surface area contributed by atoms with Crippen LogP contribution in [0.5, 0.6) is 5.75 Å². The summed E-state index contributed by atoms with van der Waals surface area (Å²) < 4.78 is 18.5. The Hall–Kier alpha value is -2.86. The van der Waals surface area contributed by atoms with Crippen molar-refractivity contribution in [3.05, 3.63) is 95.6 Å². The first-order chi connectivity index (χ1) is 17.6. The van der Waals surface area contributed by atoms with Crippen molar-refractivity contribution in [2.45, 2.75) is 52.2 Å². The zero-order valence-corrected chi connectivity index (χ0v) is 23.4. The summed E-state index contributed by atoms with van der Waals surface area (Å²) in [4.78, 5) is 2.12. The van der Waals surface area contributed by atoms with Crippen LogP contribution in [0.2, 0.25) is 0 Å². The van der Waals surface area contributed by atoms with E-state index >= 15 is 0 Å². The largest absolute Gasteiger partial charge is 0.494 e. The highest BCUT2D eigenvalue weighted by molar-refractivity contribution is 6.62. The van der Waals surface area contributed by atoms with Crippen molar-refractivity contribution in [3.8, 4) is 5.75 Å². The first-order valence-corrected chi connectivity index (χ1v) is 13.2. The lowest BCUT2D eigenvalue weighted by Crippen LogP contribution is -2.41. The first kappa shape index (κ1) is 27.2. The van der Waals surface area contributed by atoms with Crippen molar-refractivity contribution < 1.29 is 14.0 Å². The summed E-state index contributed by atoms with van der Waals surface area (Å²) >= 11 is 0. The van der Waals surface area contributed by atoms with Crippen LogP contribution in [0.1, 0.15) is 57.7 Å². The molecule has 0 N–H and O–H groups in total. The molecule has 0 amide bonds. The molecule has 0 atom stereocenters. The van der Waals surface area contributed by atoms with Crippen molar-refractivity contribution in [2.75, 3.05) is 27.2 Å². The van der Waals surface area contributed by atoms with Gasteiger partial charge in [0.2, 0.25) is 0 Å². The molecule has 0 radical (unpaired) electrons. The molecule has 0 aliphatic carbocycles. The molecule has 4 nitrogen and oxygen atoms in total. The highest BCUT2D eigenvalue weighted by Gasteiger charge is 2.51. The first-order valence-electron chi connectivity index (χ1n) is 13.2. The molecule has 1 aliphatic heterocycles. The normalized spacial score (nSPS) is 17.1. The van der Waals surface area contributed by atoms with Crippen molar-refractivity contribution in [1.29, 1.82) is 0 Å². The van der Waals surface area contributed by atoms with Gasteiger partial charge < -0.3 is 18.9 Å². The molecule has 3 aromatic carbocycles. The van der Waals surface area contributed by atoms with Gasteiger partial charge in [-0.2, -0.15) is 0 Å². The Balaban J connectivity index is 1.69. The summed E-state index contributed by atoms with van der Waals surface area (Å²) in [6, 6.07) is 27.8. The minimum Gasteiger partial charge on any atom is -0.492 e. The number of allylic oxidation sites excluding steroid dienone is 1. The molecular formula is C32H40BNO3. The van der Waals surface area contributed by atoms with E-state index in [1.165, 1.54) is 27.8 Å². The number of likely N-dealkylation sites (N-methyl/N-ethyl adjacent to an activating group) is 1. The van der Waals surface area contributed by atoms with Crippen LogP contribution in [0.4, 0.5) is 0 Å². The van der Waals surface area contributed by atoms with E-state index < -0.39 is 0 Å². The van der Waals surface area contributed by atoms with Crippen LogP contribution in [0, 0.1) is 0 Å². The van der Waals surface area contributed by atoms with E-state index in [0.29, 0.717) is 6.61 Å². The van der Waals surface area contributed by atoms with Crippen LogP contribution in [0.15, 0.2) is 78.9 Å². The lowest BCUT2D eigenvalue weighted by molar-refractivity contribution is 0.00578. The van der Waals surface area contributed by atoms with E-state index in [0.717, 1.165) is 24.2 Å². The lowest BCUT2D eigenvalue weighted by Gasteiger charge is -2.32. The van der Waals surface area contributed by atoms with Gasteiger partial charge in [-0.1, -0.05) is 73.7 Å². The average molecular weight is 497 g/mol. The maximum atomic E-state index is 6.28. The van der Waals surface area contributed by atoms with Crippen LogP contribution in [0.3, 0.4) is 0 Å². The Bertz CT molecular complexity index is 1180. The third kappa shape index (κ3) is 6.18. The van der Waals surface area contributed by atoms with Gasteiger partial charge in [0.25, 0.3) is 0 Å². The van der Waals surface area contributed by atoms with Crippen molar-refractivity contribution in [2.24, 2.45) is 0 Å². The van der Waals surface area contributed by atoms with Gasteiger partial charge >= 0.3 is 7.12 Å². The minimum atomic E-state index is -0.371. The Labute approximate surface area is 223 Å². The molecule has 4 rings (SSSR count). The predicted molar refractivity (Wildman–Crippen MR) is 155 cm³/mol. The van der Waals surface area contributed by atoms with Crippen LogP contribution >= 0.6 is 0 Å². The molecule has 3 aromatic rings. The number of ether oxygens (including phenoxy) is 1. The predicted octanol–water partition coefficient (Wildman–Crippen LogP) is 6.30. The molecule has 0 spiro atoms. The molecule has 1 aliphatic rings. The van der Waals surface area contributed by atoms with Crippen molar-refractivity contribution in [1.82, 2.24) is 4.90 Å². The second-order valence-electron chi connectivity index (χ2n) is 11.0. The molecule has 0 aromatic heterocycles. The van der Waals surface area contributed by atoms with Gasteiger partial charge in [0, 0.05) is 6.54 Å². The summed E-state index contributed by atoms with van der Waals surface area (Å²) in [5, 5.41) is 0. The van der Waals surface area contributed by atoms with E-state index in [1.54, 1.807) is 0 Å². The molecule has 0 bridgehead atoms. The van der Waals surface area contributed by atoms with E-state index in [-0.39, 0.29) is 18.3 Å². The number of nitrogens with zero attached hydrogens (tertiary/aromatic N) is 1. The topological polar surface area (TPSA) is 30.9 Å². The van der Waals surface area contributed by atoms with Crippen LogP contribution in [0.25, 0.3) is 11.1 Å². The number of hydrogen-bond acceptors (Lipinski definition) is 4. The summed E-state index contributed by atoms with van der Waals surface area (Å²) in [5.41, 5.74) is 6.43. The van der Waals surface area contributed by atoms with Gasteiger partial charge in [-0.3, -0.25) is 0 Å². The quantitative estimate of drug-likeness (QED) is 0.257. The van der Waals surface area contributed by atoms with Gasteiger partial charge in [0.1, 0.15) is 12.4 Å². The van der Waals surface area contributed by atoms with Crippen LogP contribution in [-0.4, -0.2) is 50.5 Å². The SMILES string of the molecule is CC/C(=C(/c1ccc(OCCN(C)C)cc1)c1ccc(B2OC(C)(C)C(C)(C)O2)cc1)c1ccccc1. The van der Waals surface area contributed by atoms with Crippen molar-refractivity contribution in [3.63, 3.8) is 0 Å². The van der Waals surface area contributed by atoms with Gasteiger partial charge in [-0.05, 0) is 93.6 Å². The smallest absolute Gasteiger partial charge is 0.492 e. The Kier molecular flexibility index (Phi) is 8.28. The highest BCUT2D eigenvalue weighted by Crippen LogP contribution is 2.37. The van der Waals surface area contributed by atoms with E-state index in [9.17, 15) is 0 Å². The Morgan fingerprint density at radius 2 is 1.30 bits per heavy atom. The van der Waals surface area contributed by atoms with Crippen LogP contribution < -0.4 is 10.2 Å². The maximum Gasteiger partial charge on any atom is 0.494 e. The van der Waals surface area contributed by atoms with Crippen LogP contribution in [-0.2, 0) is 9.31 Å². The highest BCUT2D eigenvalue weighted by atomic mass is 16.7. The fourth-order valence-electron chi connectivity index (χ4n) is 4.53. The number of benzene rings is 3. The monoisotopic (exact) mass is 497 g/mol. The minimum absolute atomic E-state index is 0.361. The second-order valence-corrected chi connectivity index (χ2v) is 11.0. The van der Waals surface area contributed by atoms with Crippen molar-refractivity contribution >= 4 is 23.7 Å². The third-order valence-electron chi connectivity index (χ3n) is 7.45. The zero-order chi connectivity index (χ0) is 26.6. The summed E-state index contributed by atoms with van der Waals surface area (Å²) in [7, 11) is 3.74. The number of rotatable bonds is 9. The lowest BCUT2D eigenvalue weighted by atomic mass is 9.78. The molecular weight excluding hydrogens is 457 g/mol.